The van der Waals surface area contributed by atoms with Gasteiger partial charge in [-0.3, -0.25) is 14.5 Å². The minimum absolute atomic E-state index is 0.132. The second kappa shape index (κ2) is 7.76. The number of carbonyl (C=O) groups is 2. The average molecular weight is 442 g/mol. The van der Waals surface area contributed by atoms with E-state index in [4.69, 9.17) is 27.9 Å². The lowest BCUT2D eigenvalue weighted by Gasteiger charge is -2.23. The summed E-state index contributed by atoms with van der Waals surface area (Å²) in [6, 6.07) is 18.3. The minimum Gasteiger partial charge on any atom is -0.497 e. The van der Waals surface area contributed by atoms with Crippen LogP contribution in [0.15, 0.2) is 66.7 Å². The van der Waals surface area contributed by atoms with Gasteiger partial charge in [-0.2, -0.15) is 0 Å². The van der Waals surface area contributed by atoms with Crippen molar-refractivity contribution < 1.29 is 19.4 Å². The van der Waals surface area contributed by atoms with Crippen LogP contribution in [0.4, 0.5) is 11.4 Å². The monoisotopic (exact) mass is 441 g/mol. The molecule has 0 bridgehead atoms. The van der Waals surface area contributed by atoms with Crippen LogP contribution in [0.1, 0.15) is 22.3 Å². The van der Waals surface area contributed by atoms with Crippen LogP contribution in [-0.2, 0) is 10.4 Å². The third-order valence-electron chi connectivity index (χ3n) is 5.11. The molecule has 0 fully saturated rings. The fourth-order valence-corrected chi connectivity index (χ4v) is 4.20. The molecule has 0 radical (unpaired) electrons. The van der Waals surface area contributed by atoms with Crippen LogP contribution in [0.5, 0.6) is 5.75 Å². The molecule has 0 spiro atoms. The summed E-state index contributed by atoms with van der Waals surface area (Å²) in [6.45, 7) is 0. The molecule has 0 aliphatic carbocycles. The zero-order chi connectivity index (χ0) is 21.5. The largest absolute Gasteiger partial charge is 0.497 e. The highest BCUT2D eigenvalue weighted by molar-refractivity contribution is 6.39. The van der Waals surface area contributed by atoms with Gasteiger partial charge in [0.25, 0.3) is 5.91 Å². The van der Waals surface area contributed by atoms with Gasteiger partial charge in [0.2, 0.25) is 0 Å². The van der Waals surface area contributed by atoms with Crippen molar-refractivity contribution in [1.29, 1.82) is 0 Å². The van der Waals surface area contributed by atoms with E-state index < -0.39 is 23.7 Å². The van der Waals surface area contributed by atoms with E-state index in [1.165, 1.54) is 18.1 Å². The highest BCUT2D eigenvalue weighted by Crippen LogP contribution is 2.52. The Kier molecular flexibility index (Phi) is 5.28. The van der Waals surface area contributed by atoms with Crippen molar-refractivity contribution in [2.45, 2.75) is 12.0 Å². The van der Waals surface area contributed by atoms with Crippen molar-refractivity contribution in [2.75, 3.05) is 12.0 Å². The van der Waals surface area contributed by atoms with Gasteiger partial charge < -0.3 is 9.84 Å². The van der Waals surface area contributed by atoms with E-state index in [0.29, 0.717) is 17.0 Å². The number of amides is 1. The smallest absolute Gasteiger partial charge is 0.268 e. The molecule has 30 heavy (non-hydrogen) atoms. The zero-order valence-corrected chi connectivity index (χ0v) is 17.4. The van der Waals surface area contributed by atoms with Crippen LogP contribution in [0.2, 0.25) is 10.0 Å². The van der Waals surface area contributed by atoms with E-state index in [2.05, 4.69) is 0 Å². The Labute approximate surface area is 183 Å². The Morgan fingerprint density at radius 1 is 1.00 bits per heavy atom. The van der Waals surface area contributed by atoms with Crippen LogP contribution < -0.4 is 9.64 Å². The first-order chi connectivity index (χ1) is 14.4. The molecule has 0 saturated heterocycles. The Morgan fingerprint density at radius 2 is 1.63 bits per heavy atom. The Hall–Kier alpha value is -2.86. The molecule has 1 unspecified atom stereocenters. The van der Waals surface area contributed by atoms with Crippen LogP contribution in [0, 0.1) is 0 Å². The predicted octanol–water partition coefficient (Wildman–Crippen LogP) is 5.14. The summed E-state index contributed by atoms with van der Waals surface area (Å²) in [6.07, 6.45) is -0.478. The van der Waals surface area contributed by atoms with E-state index in [1.807, 2.05) is 6.07 Å². The molecule has 1 aliphatic rings. The maximum Gasteiger partial charge on any atom is 0.268 e. The minimum atomic E-state index is -2.15. The molecule has 0 saturated carbocycles. The number of rotatable bonds is 5. The van der Waals surface area contributed by atoms with E-state index in [9.17, 15) is 14.7 Å². The molecule has 1 atom stereocenters. The van der Waals surface area contributed by atoms with Crippen LogP contribution in [0.3, 0.4) is 0 Å². The first-order valence-corrected chi connectivity index (χ1v) is 9.90. The van der Waals surface area contributed by atoms with Crippen molar-refractivity contribution in [3.8, 4) is 5.75 Å². The van der Waals surface area contributed by atoms with Gasteiger partial charge in [-0.25, -0.2) is 0 Å². The van der Waals surface area contributed by atoms with E-state index >= 15 is 0 Å². The number of ether oxygens (including phenoxy) is 1. The number of ketones is 1. The molecule has 1 heterocycles. The normalized spacial score (nSPS) is 17.7. The molecule has 3 aromatic carbocycles. The lowest BCUT2D eigenvalue weighted by molar-refractivity contribution is -0.135. The fourth-order valence-electron chi connectivity index (χ4n) is 3.65. The third kappa shape index (κ3) is 3.25. The number of para-hydroxylation sites is 1. The van der Waals surface area contributed by atoms with Crippen LogP contribution >= 0.6 is 23.2 Å². The highest BCUT2D eigenvalue weighted by atomic mass is 35.5. The number of halogens is 2. The Balaban J connectivity index is 1.80. The Morgan fingerprint density at radius 3 is 2.27 bits per heavy atom. The van der Waals surface area contributed by atoms with Crippen molar-refractivity contribution in [3.63, 3.8) is 0 Å². The highest BCUT2D eigenvalue weighted by Gasteiger charge is 2.53. The molecule has 5 nitrogen and oxygen atoms in total. The second-order valence-electron chi connectivity index (χ2n) is 6.92. The molecule has 152 valence electrons. The van der Waals surface area contributed by atoms with Gasteiger partial charge in [0.05, 0.1) is 24.2 Å². The lowest BCUT2D eigenvalue weighted by Crippen LogP contribution is -2.40. The maximum atomic E-state index is 13.4. The van der Waals surface area contributed by atoms with E-state index in [-0.39, 0.29) is 21.3 Å². The number of nitrogens with zero attached hydrogens (tertiary/aromatic N) is 1. The standard InChI is InChI=1S/C23H17Cl2NO4/c1-30-16-9-7-14(8-10-16)19(27)13-23(29)20-17(24)11-12-18(25)21(20)26(22(23)28)15-5-3-2-4-6-15/h2-12,29H,13H2,1H3. The first kappa shape index (κ1) is 20.4. The molecule has 4 rings (SSSR count). The number of anilines is 2. The van der Waals surface area contributed by atoms with Gasteiger partial charge in [-0.1, -0.05) is 41.4 Å². The summed E-state index contributed by atoms with van der Waals surface area (Å²) in [5.41, 5.74) is -0.877. The average Bonchev–Trinajstić information content (AvgIpc) is 2.99. The summed E-state index contributed by atoms with van der Waals surface area (Å²) < 4.78 is 5.10. The van der Waals surface area contributed by atoms with E-state index in [0.717, 1.165) is 0 Å². The molecule has 0 aromatic heterocycles. The van der Waals surface area contributed by atoms with Crippen LogP contribution in [-0.4, -0.2) is 23.9 Å². The van der Waals surface area contributed by atoms with Crippen LogP contribution in [0.25, 0.3) is 0 Å². The van der Waals surface area contributed by atoms with Gasteiger partial charge >= 0.3 is 0 Å². The summed E-state index contributed by atoms with van der Waals surface area (Å²) in [7, 11) is 1.53. The number of hydrogen-bond acceptors (Lipinski definition) is 4. The Bertz CT molecular complexity index is 1130. The van der Waals surface area contributed by atoms with E-state index in [1.54, 1.807) is 54.6 Å². The van der Waals surface area contributed by atoms with Crippen molar-refractivity contribution in [2.24, 2.45) is 0 Å². The quantitative estimate of drug-likeness (QED) is 0.556. The van der Waals surface area contributed by atoms with Gasteiger partial charge in [0.1, 0.15) is 5.75 Å². The fraction of sp³-hybridized carbons (Fsp3) is 0.130. The molecular formula is C23H17Cl2NO4. The van der Waals surface area contributed by atoms with Gasteiger partial charge in [-0.05, 0) is 48.5 Å². The number of methoxy groups -OCH3 is 1. The topological polar surface area (TPSA) is 66.8 Å². The molecular weight excluding hydrogens is 425 g/mol. The van der Waals surface area contributed by atoms with Crippen molar-refractivity contribution in [1.82, 2.24) is 0 Å². The summed E-state index contributed by atoms with van der Waals surface area (Å²) in [4.78, 5) is 27.7. The number of Topliss-reactive ketones (excluding diaryl/α,β-unsaturated/α-hetero) is 1. The molecule has 1 amide bonds. The van der Waals surface area contributed by atoms with Gasteiger partial charge in [0.15, 0.2) is 11.4 Å². The zero-order valence-electron chi connectivity index (χ0n) is 15.9. The molecule has 1 N–H and O–H groups in total. The summed E-state index contributed by atoms with van der Waals surface area (Å²) >= 11 is 12.8. The number of benzene rings is 3. The van der Waals surface area contributed by atoms with Crippen molar-refractivity contribution in [3.05, 3.63) is 87.9 Å². The number of fused-ring (bicyclic) bond motifs is 1. The molecule has 1 aliphatic heterocycles. The number of carbonyl (C=O) groups excluding carboxylic acids is 2. The van der Waals surface area contributed by atoms with Crippen molar-refractivity contribution >= 4 is 46.3 Å². The number of aliphatic hydroxyl groups is 1. The molecule has 3 aromatic rings. The summed E-state index contributed by atoms with van der Waals surface area (Å²) in [5.74, 6) is -0.497. The summed E-state index contributed by atoms with van der Waals surface area (Å²) in [5, 5.41) is 11.9. The second-order valence-corrected chi connectivity index (χ2v) is 7.73. The predicted molar refractivity (Wildman–Crippen MR) is 116 cm³/mol. The third-order valence-corrected chi connectivity index (χ3v) is 5.73. The first-order valence-electron chi connectivity index (χ1n) is 9.14. The van der Waals surface area contributed by atoms with Gasteiger partial charge in [0, 0.05) is 21.8 Å². The van der Waals surface area contributed by atoms with Gasteiger partial charge in [-0.15, -0.1) is 0 Å². The maximum absolute atomic E-state index is 13.4. The molecule has 7 heteroatoms. The number of hydrogen-bond donors (Lipinski definition) is 1. The SMILES string of the molecule is COc1ccc(C(=O)CC2(O)C(=O)N(c3ccccc3)c3c(Cl)ccc(Cl)c32)cc1. The lowest BCUT2D eigenvalue weighted by atomic mass is 9.88.